The average molecular weight is 399 g/mol. The predicted octanol–water partition coefficient (Wildman–Crippen LogP) is 2.96. The van der Waals surface area contributed by atoms with E-state index in [4.69, 9.17) is 9.47 Å². The highest BCUT2D eigenvalue weighted by atomic mass is 16.6. The first-order chi connectivity index (χ1) is 13.7. The van der Waals surface area contributed by atoms with Crippen LogP contribution in [0.15, 0.2) is 36.7 Å². The standard InChI is InChI=1S/C22H29N3O4/c1-22(2,3)29-21(27)24-18(14-19-23-11-12-25(19)4)20(26)28-17-10-9-15-7-5-6-8-16(15)13-17/h5-8,11-12,17-18H,9-10,13-14H2,1-4H3,(H,24,27). The van der Waals surface area contributed by atoms with Gasteiger partial charge in [0.1, 0.15) is 23.6 Å². The molecule has 1 N–H and O–H groups in total. The largest absolute Gasteiger partial charge is 0.460 e. The van der Waals surface area contributed by atoms with Crippen molar-refractivity contribution in [2.45, 2.75) is 64.2 Å². The lowest BCUT2D eigenvalue weighted by molar-refractivity contribution is -0.152. The van der Waals surface area contributed by atoms with Gasteiger partial charge >= 0.3 is 12.1 Å². The van der Waals surface area contributed by atoms with Gasteiger partial charge in [-0.2, -0.15) is 0 Å². The highest BCUT2D eigenvalue weighted by molar-refractivity contribution is 5.81. The first-order valence-corrected chi connectivity index (χ1v) is 9.94. The number of carbonyl (C=O) groups excluding carboxylic acids is 2. The molecule has 7 heteroatoms. The van der Waals surface area contributed by atoms with Gasteiger partial charge in [0.15, 0.2) is 0 Å². The Kier molecular flexibility index (Phi) is 6.25. The lowest BCUT2D eigenvalue weighted by atomic mass is 9.90. The monoisotopic (exact) mass is 399 g/mol. The van der Waals surface area contributed by atoms with E-state index >= 15 is 0 Å². The molecule has 1 aromatic heterocycles. The maximum atomic E-state index is 12.9. The summed E-state index contributed by atoms with van der Waals surface area (Å²) in [6.07, 6.45) is 5.15. The molecule has 2 atom stereocenters. The number of benzene rings is 1. The number of hydrogen-bond donors (Lipinski definition) is 1. The highest BCUT2D eigenvalue weighted by Gasteiger charge is 2.30. The van der Waals surface area contributed by atoms with Crippen molar-refractivity contribution in [1.82, 2.24) is 14.9 Å². The molecular weight excluding hydrogens is 370 g/mol. The van der Waals surface area contributed by atoms with Crippen molar-refractivity contribution >= 4 is 12.1 Å². The van der Waals surface area contributed by atoms with E-state index in [2.05, 4.69) is 22.4 Å². The van der Waals surface area contributed by atoms with Crippen LogP contribution in [0.5, 0.6) is 0 Å². The molecule has 3 rings (SSSR count). The number of aryl methyl sites for hydroxylation is 2. The normalized spacial score (nSPS) is 17.2. The number of nitrogens with zero attached hydrogens (tertiary/aromatic N) is 2. The van der Waals surface area contributed by atoms with Crippen LogP contribution in [0.1, 0.15) is 44.1 Å². The number of ether oxygens (including phenoxy) is 2. The first-order valence-electron chi connectivity index (χ1n) is 9.94. The number of alkyl carbamates (subject to hydrolysis) is 1. The van der Waals surface area contributed by atoms with Gasteiger partial charge < -0.3 is 19.4 Å². The van der Waals surface area contributed by atoms with Gasteiger partial charge in [-0.05, 0) is 44.7 Å². The summed E-state index contributed by atoms with van der Waals surface area (Å²) in [5.41, 5.74) is 1.85. The molecule has 29 heavy (non-hydrogen) atoms. The van der Waals surface area contributed by atoms with Gasteiger partial charge in [-0.1, -0.05) is 24.3 Å². The van der Waals surface area contributed by atoms with E-state index in [0.717, 1.165) is 12.8 Å². The van der Waals surface area contributed by atoms with Crippen LogP contribution in [0.25, 0.3) is 0 Å². The molecule has 1 heterocycles. The van der Waals surface area contributed by atoms with Gasteiger partial charge in [0.05, 0.1) is 0 Å². The molecule has 7 nitrogen and oxygen atoms in total. The Labute approximate surface area is 171 Å². The van der Waals surface area contributed by atoms with Crippen molar-refractivity contribution < 1.29 is 19.1 Å². The van der Waals surface area contributed by atoms with Crippen molar-refractivity contribution in [1.29, 1.82) is 0 Å². The Morgan fingerprint density at radius 2 is 2.00 bits per heavy atom. The van der Waals surface area contributed by atoms with Gasteiger partial charge in [0.2, 0.25) is 0 Å². The zero-order valence-electron chi connectivity index (χ0n) is 17.5. The second kappa shape index (κ2) is 8.68. The summed E-state index contributed by atoms with van der Waals surface area (Å²) in [5, 5.41) is 2.66. The van der Waals surface area contributed by atoms with Crippen LogP contribution in [0.2, 0.25) is 0 Å². The third-order valence-electron chi connectivity index (χ3n) is 4.87. The summed E-state index contributed by atoms with van der Waals surface area (Å²) >= 11 is 0. The van der Waals surface area contributed by atoms with Gasteiger partial charge in [0.25, 0.3) is 0 Å². The molecule has 0 radical (unpaired) electrons. The third kappa shape index (κ3) is 5.82. The molecule has 156 valence electrons. The van der Waals surface area contributed by atoms with Crippen LogP contribution in [-0.4, -0.2) is 39.4 Å². The van der Waals surface area contributed by atoms with Crippen molar-refractivity contribution in [3.63, 3.8) is 0 Å². The number of amides is 1. The molecule has 1 aromatic carbocycles. The van der Waals surface area contributed by atoms with E-state index in [9.17, 15) is 9.59 Å². The molecule has 0 aliphatic heterocycles. The quantitative estimate of drug-likeness (QED) is 0.782. The number of nitrogens with one attached hydrogen (secondary N) is 1. The van der Waals surface area contributed by atoms with E-state index in [-0.39, 0.29) is 12.5 Å². The third-order valence-corrected chi connectivity index (χ3v) is 4.87. The van der Waals surface area contributed by atoms with Gasteiger partial charge in [-0.25, -0.2) is 14.6 Å². The molecule has 2 unspecified atom stereocenters. The topological polar surface area (TPSA) is 82.5 Å². The molecule has 1 amide bonds. The number of fused-ring (bicyclic) bond motifs is 1. The SMILES string of the molecule is Cn1ccnc1CC(NC(=O)OC(C)(C)C)C(=O)OC1CCc2ccccc2C1. The molecule has 0 fully saturated rings. The van der Waals surface area contributed by atoms with E-state index in [0.29, 0.717) is 12.2 Å². The van der Waals surface area contributed by atoms with E-state index < -0.39 is 23.7 Å². The van der Waals surface area contributed by atoms with E-state index in [1.54, 1.807) is 33.2 Å². The summed E-state index contributed by atoms with van der Waals surface area (Å²) in [4.78, 5) is 29.5. The summed E-state index contributed by atoms with van der Waals surface area (Å²) in [7, 11) is 1.84. The average Bonchev–Trinajstić information content (AvgIpc) is 3.04. The van der Waals surface area contributed by atoms with Crippen LogP contribution >= 0.6 is 0 Å². The van der Waals surface area contributed by atoms with Gasteiger partial charge in [0, 0.05) is 32.3 Å². The van der Waals surface area contributed by atoms with Crippen molar-refractivity contribution in [3.8, 4) is 0 Å². The summed E-state index contributed by atoms with van der Waals surface area (Å²) in [6.45, 7) is 5.33. The number of imidazole rings is 1. The fraction of sp³-hybridized carbons (Fsp3) is 0.500. The Balaban J connectivity index is 1.68. The fourth-order valence-corrected chi connectivity index (χ4v) is 3.43. The number of carbonyl (C=O) groups is 2. The van der Waals surface area contributed by atoms with Crippen LogP contribution in [0.3, 0.4) is 0 Å². The number of rotatable bonds is 5. The Morgan fingerprint density at radius 1 is 1.28 bits per heavy atom. The number of aromatic nitrogens is 2. The smallest absolute Gasteiger partial charge is 0.408 e. The highest BCUT2D eigenvalue weighted by Crippen LogP contribution is 2.23. The summed E-state index contributed by atoms with van der Waals surface area (Å²) in [6, 6.07) is 7.33. The minimum Gasteiger partial charge on any atom is -0.460 e. The zero-order valence-corrected chi connectivity index (χ0v) is 17.5. The fourth-order valence-electron chi connectivity index (χ4n) is 3.43. The van der Waals surface area contributed by atoms with Crippen LogP contribution < -0.4 is 5.32 Å². The molecule has 2 aromatic rings. The minimum atomic E-state index is -0.872. The number of esters is 1. The second-order valence-electron chi connectivity index (χ2n) is 8.43. The maximum Gasteiger partial charge on any atom is 0.408 e. The Morgan fingerprint density at radius 3 is 2.66 bits per heavy atom. The minimum absolute atomic E-state index is 0.207. The van der Waals surface area contributed by atoms with Crippen LogP contribution in [0, 0.1) is 0 Å². The number of hydrogen-bond acceptors (Lipinski definition) is 5. The Bertz CT molecular complexity index is 869. The van der Waals surface area contributed by atoms with Crippen molar-refractivity contribution in [3.05, 3.63) is 53.6 Å². The maximum absolute atomic E-state index is 12.9. The van der Waals surface area contributed by atoms with E-state index in [1.165, 1.54) is 11.1 Å². The molecule has 0 bridgehead atoms. The summed E-state index contributed by atoms with van der Waals surface area (Å²) < 4.78 is 12.9. The lowest BCUT2D eigenvalue weighted by Gasteiger charge is -2.27. The molecule has 0 saturated carbocycles. The molecule has 1 aliphatic carbocycles. The van der Waals surface area contributed by atoms with Crippen LogP contribution in [-0.2, 0) is 40.6 Å². The van der Waals surface area contributed by atoms with Crippen molar-refractivity contribution in [2.24, 2.45) is 7.05 Å². The first kappa shape index (κ1) is 20.9. The van der Waals surface area contributed by atoms with Gasteiger partial charge in [-0.3, -0.25) is 0 Å². The summed E-state index contributed by atoms with van der Waals surface area (Å²) in [5.74, 6) is 0.209. The molecule has 0 saturated heterocycles. The second-order valence-corrected chi connectivity index (χ2v) is 8.43. The molecule has 0 spiro atoms. The zero-order chi connectivity index (χ0) is 21.0. The van der Waals surface area contributed by atoms with E-state index in [1.807, 2.05) is 23.7 Å². The van der Waals surface area contributed by atoms with Crippen LogP contribution in [0.4, 0.5) is 4.79 Å². The lowest BCUT2D eigenvalue weighted by Crippen LogP contribution is -2.47. The van der Waals surface area contributed by atoms with Crippen molar-refractivity contribution in [2.75, 3.05) is 0 Å². The Hall–Kier alpha value is -2.83. The molecule has 1 aliphatic rings. The molecular formula is C22H29N3O4. The predicted molar refractivity (Wildman–Crippen MR) is 108 cm³/mol. The van der Waals surface area contributed by atoms with Gasteiger partial charge in [-0.15, -0.1) is 0 Å².